The highest BCUT2D eigenvalue weighted by Crippen LogP contribution is 2.22. The van der Waals surface area contributed by atoms with Crippen molar-refractivity contribution in [3.05, 3.63) is 64.9 Å². The van der Waals surface area contributed by atoms with Gasteiger partial charge < -0.3 is 10.3 Å². The number of rotatable bonds is 3. The maximum absolute atomic E-state index is 12.3. The first-order valence-electron chi connectivity index (χ1n) is 6.63. The highest BCUT2D eigenvalue weighted by Gasteiger charge is 2.14. The van der Waals surface area contributed by atoms with Gasteiger partial charge in [-0.05, 0) is 36.8 Å². The average Bonchev–Trinajstić information content (AvgIpc) is 2.94. The van der Waals surface area contributed by atoms with E-state index in [1.807, 2.05) is 37.3 Å². The van der Waals surface area contributed by atoms with Gasteiger partial charge in [0.15, 0.2) is 0 Å². The molecule has 0 spiro atoms. The summed E-state index contributed by atoms with van der Waals surface area (Å²) in [5.74, 6) is -0.140. The number of hydrogen-bond acceptors (Lipinski definition) is 2. The van der Waals surface area contributed by atoms with Crippen LogP contribution >= 0.6 is 11.6 Å². The number of fused-ring (bicyclic) bond motifs is 1. The number of nitrogens with one attached hydrogen (secondary N) is 2. The van der Waals surface area contributed by atoms with Crippen LogP contribution < -0.4 is 5.32 Å². The molecule has 0 aliphatic rings. The largest absolute Gasteiger partial charge is 0.345 e. The lowest BCUT2D eigenvalue weighted by atomic mass is 10.1. The molecule has 0 aliphatic heterocycles. The molecule has 1 heterocycles. The lowest BCUT2D eigenvalue weighted by Gasteiger charge is -2.15. The molecular formula is C16H14ClN3O. The number of aromatic amines is 1. The standard InChI is InChI=1S/C16H14ClN3O/c1-10(12-4-2-3-5-13(12)17)20-16(21)11-6-7-14-15(8-11)19-9-18-14/h2-10H,1H3,(H,18,19)(H,20,21). The van der Waals surface area contributed by atoms with Crippen LogP contribution in [0.2, 0.25) is 5.02 Å². The molecule has 3 aromatic rings. The number of hydrogen-bond donors (Lipinski definition) is 2. The molecular weight excluding hydrogens is 286 g/mol. The SMILES string of the molecule is CC(NC(=O)c1ccc2nc[nH]c2c1)c1ccccc1Cl. The molecule has 21 heavy (non-hydrogen) atoms. The lowest BCUT2D eigenvalue weighted by molar-refractivity contribution is 0.0940. The molecule has 0 aliphatic carbocycles. The molecule has 5 heteroatoms. The van der Waals surface area contributed by atoms with Crippen molar-refractivity contribution in [3.8, 4) is 0 Å². The van der Waals surface area contributed by atoms with Crippen molar-refractivity contribution in [2.45, 2.75) is 13.0 Å². The van der Waals surface area contributed by atoms with E-state index in [0.717, 1.165) is 16.6 Å². The maximum Gasteiger partial charge on any atom is 0.251 e. The number of aromatic nitrogens is 2. The van der Waals surface area contributed by atoms with Gasteiger partial charge in [0, 0.05) is 10.6 Å². The van der Waals surface area contributed by atoms with E-state index in [4.69, 9.17) is 11.6 Å². The minimum absolute atomic E-state index is 0.140. The number of H-pyrrole nitrogens is 1. The average molecular weight is 300 g/mol. The van der Waals surface area contributed by atoms with Crippen LogP contribution in [-0.4, -0.2) is 15.9 Å². The van der Waals surface area contributed by atoms with Gasteiger partial charge >= 0.3 is 0 Å². The number of carbonyl (C=O) groups excluding carboxylic acids is 1. The molecule has 0 radical (unpaired) electrons. The molecule has 1 unspecified atom stereocenters. The van der Waals surface area contributed by atoms with Crippen LogP contribution in [0.25, 0.3) is 11.0 Å². The number of halogens is 1. The Morgan fingerprint density at radius 1 is 1.29 bits per heavy atom. The van der Waals surface area contributed by atoms with Crippen molar-refractivity contribution in [3.63, 3.8) is 0 Å². The second-order valence-electron chi connectivity index (χ2n) is 4.85. The second kappa shape index (κ2) is 5.58. The molecule has 2 aromatic carbocycles. The molecule has 106 valence electrons. The van der Waals surface area contributed by atoms with E-state index in [9.17, 15) is 4.79 Å². The summed E-state index contributed by atoms with van der Waals surface area (Å²) in [6.07, 6.45) is 1.61. The minimum atomic E-state index is -0.163. The number of nitrogens with zero attached hydrogens (tertiary/aromatic N) is 1. The quantitative estimate of drug-likeness (QED) is 0.774. The van der Waals surface area contributed by atoms with Crippen molar-refractivity contribution in [2.24, 2.45) is 0 Å². The zero-order valence-corrected chi connectivity index (χ0v) is 12.2. The maximum atomic E-state index is 12.3. The van der Waals surface area contributed by atoms with Crippen LogP contribution in [-0.2, 0) is 0 Å². The summed E-state index contributed by atoms with van der Waals surface area (Å²) in [5.41, 5.74) is 3.17. The van der Waals surface area contributed by atoms with Crippen molar-refractivity contribution in [1.29, 1.82) is 0 Å². The zero-order chi connectivity index (χ0) is 14.8. The first-order valence-corrected chi connectivity index (χ1v) is 7.01. The lowest BCUT2D eigenvalue weighted by Crippen LogP contribution is -2.26. The van der Waals surface area contributed by atoms with Gasteiger partial charge in [0.2, 0.25) is 0 Å². The van der Waals surface area contributed by atoms with Crippen molar-refractivity contribution in [1.82, 2.24) is 15.3 Å². The summed E-state index contributed by atoms with van der Waals surface area (Å²) in [6.45, 7) is 1.91. The Bertz CT molecular complexity index is 797. The predicted molar refractivity (Wildman–Crippen MR) is 83.4 cm³/mol. The second-order valence-corrected chi connectivity index (χ2v) is 5.26. The molecule has 1 aromatic heterocycles. The summed E-state index contributed by atoms with van der Waals surface area (Å²) in [5, 5.41) is 3.60. The van der Waals surface area contributed by atoms with Crippen LogP contribution in [0.3, 0.4) is 0 Å². The van der Waals surface area contributed by atoms with Gasteiger partial charge in [-0.3, -0.25) is 4.79 Å². The van der Waals surface area contributed by atoms with Crippen LogP contribution in [0.1, 0.15) is 28.9 Å². The Hall–Kier alpha value is -2.33. The Morgan fingerprint density at radius 3 is 2.90 bits per heavy atom. The Labute approximate surface area is 127 Å². The topological polar surface area (TPSA) is 57.8 Å². The van der Waals surface area contributed by atoms with Gasteiger partial charge in [-0.25, -0.2) is 4.98 Å². The Morgan fingerprint density at radius 2 is 2.10 bits per heavy atom. The van der Waals surface area contributed by atoms with E-state index in [2.05, 4.69) is 15.3 Å². The van der Waals surface area contributed by atoms with Gasteiger partial charge in [0.1, 0.15) is 0 Å². The van der Waals surface area contributed by atoms with E-state index >= 15 is 0 Å². The van der Waals surface area contributed by atoms with E-state index in [1.165, 1.54) is 0 Å². The van der Waals surface area contributed by atoms with Gasteiger partial charge in [-0.2, -0.15) is 0 Å². The van der Waals surface area contributed by atoms with E-state index in [0.29, 0.717) is 10.6 Å². The van der Waals surface area contributed by atoms with E-state index in [-0.39, 0.29) is 11.9 Å². The van der Waals surface area contributed by atoms with E-state index < -0.39 is 0 Å². The summed E-state index contributed by atoms with van der Waals surface area (Å²) in [7, 11) is 0. The monoisotopic (exact) mass is 299 g/mol. The first kappa shape index (κ1) is 13.6. The number of amides is 1. The molecule has 1 atom stereocenters. The summed E-state index contributed by atoms with van der Waals surface area (Å²) in [4.78, 5) is 19.4. The third-order valence-electron chi connectivity index (χ3n) is 3.40. The predicted octanol–water partition coefficient (Wildman–Crippen LogP) is 3.71. The molecule has 3 rings (SSSR count). The fraction of sp³-hybridized carbons (Fsp3) is 0.125. The normalized spacial score (nSPS) is 12.3. The van der Waals surface area contributed by atoms with Crippen molar-refractivity contribution >= 4 is 28.5 Å². The summed E-state index contributed by atoms with van der Waals surface area (Å²) in [6, 6.07) is 12.7. The minimum Gasteiger partial charge on any atom is -0.345 e. The zero-order valence-electron chi connectivity index (χ0n) is 11.4. The van der Waals surface area contributed by atoms with Crippen LogP contribution in [0.5, 0.6) is 0 Å². The van der Waals surface area contributed by atoms with Crippen LogP contribution in [0.4, 0.5) is 0 Å². The van der Waals surface area contributed by atoms with Gasteiger partial charge in [-0.15, -0.1) is 0 Å². The Kier molecular flexibility index (Phi) is 3.62. The molecule has 1 amide bonds. The molecule has 0 saturated heterocycles. The van der Waals surface area contributed by atoms with Crippen molar-refractivity contribution in [2.75, 3.05) is 0 Å². The number of imidazole rings is 1. The molecule has 0 bridgehead atoms. The fourth-order valence-corrected chi connectivity index (χ4v) is 2.56. The third-order valence-corrected chi connectivity index (χ3v) is 3.75. The third kappa shape index (κ3) is 2.76. The van der Waals surface area contributed by atoms with Crippen LogP contribution in [0.15, 0.2) is 48.8 Å². The molecule has 0 fully saturated rings. The summed E-state index contributed by atoms with van der Waals surface area (Å²) < 4.78 is 0. The smallest absolute Gasteiger partial charge is 0.251 e. The van der Waals surface area contributed by atoms with Gasteiger partial charge in [0.05, 0.1) is 23.4 Å². The summed E-state index contributed by atoms with van der Waals surface area (Å²) >= 11 is 6.15. The Balaban J connectivity index is 1.81. The number of benzene rings is 2. The molecule has 2 N–H and O–H groups in total. The van der Waals surface area contributed by atoms with Gasteiger partial charge in [-0.1, -0.05) is 29.8 Å². The highest BCUT2D eigenvalue weighted by atomic mass is 35.5. The fourth-order valence-electron chi connectivity index (χ4n) is 2.26. The van der Waals surface area contributed by atoms with Gasteiger partial charge in [0.25, 0.3) is 5.91 Å². The highest BCUT2D eigenvalue weighted by molar-refractivity contribution is 6.31. The van der Waals surface area contributed by atoms with E-state index in [1.54, 1.807) is 18.5 Å². The van der Waals surface area contributed by atoms with Crippen LogP contribution in [0, 0.1) is 0 Å². The molecule has 4 nitrogen and oxygen atoms in total. The van der Waals surface area contributed by atoms with Crippen molar-refractivity contribution < 1.29 is 4.79 Å². The number of carbonyl (C=O) groups is 1. The molecule has 0 saturated carbocycles. The first-order chi connectivity index (χ1) is 10.1.